The number of rotatable bonds is 5. The first kappa shape index (κ1) is 10.9. The Labute approximate surface area is 70.7 Å². The van der Waals surface area contributed by atoms with Crippen LogP contribution in [0.5, 0.6) is 0 Å². The highest BCUT2D eigenvalue weighted by atomic mass is 16.5. The first-order valence-corrected chi connectivity index (χ1v) is 3.61. The molecule has 0 saturated heterocycles. The molecule has 0 bridgehead atoms. The van der Waals surface area contributed by atoms with Gasteiger partial charge in [-0.3, -0.25) is 9.59 Å². The lowest BCUT2D eigenvalue weighted by atomic mass is 10.3. The Morgan fingerprint density at radius 3 is 2.58 bits per heavy atom. The summed E-state index contributed by atoms with van der Waals surface area (Å²) in [6.45, 7) is 1.83. The van der Waals surface area contributed by atoms with Gasteiger partial charge < -0.3 is 15.2 Å². The van der Waals surface area contributed by atoms with Gasteiger partial charge in [-0.1, -0.05) is 0 Å². The van der Waals surface area contributed by atoms with Crippen LogP contribution in [0.25, 0.3) is 0 Å². The Morgan fingerprint density at radius 2 is 2.17 bits per heavy atom. The van der Waals surface area contributed by atoms with Crippen molar-refractivity contribution >= 4 is 11.9 Å². The Kier molecular flexibility index (Phi) is 5.03. The van der Waals surface area contributed by atoms with Crippen LogP contribution in [0.4, 0.5) is 0 Å². The van der Waals surface area contributed by atoms with E-state index >= 15 is 0 Å². The van der Waals surface area contributed by atoms with E-state index in [1.807, 2.05) is 0 Å². The van der Waals surface area contributed by atoms with Crippen molar-refractivity contribution in [2.24, 2.45) is 0 Å². The number of carbonyl (C=O) groups is 2. The highest BCUT2D eigenvalue weighted by Crippen LogP contribution is 1.85. The Hall–Kier alpha value is -1.10. The molecule has 12 heavy (non-hydrogen) atoms. The fourth-order valence-electron chi connectivity index (χ4n) is 0.580. The van der Waals surface area contributed by atoms with Gasteiger partial charge in [0.1, 0.15) is 6.04 Å². The largest absolute Gasteiger partial charge is 0.480 e. The van der Waals surface area contributed by atoms with Crippen LogP contribution in [0.3, 0.4) is 0 Å². The molecule has 5 heteroatoms. The van der Waals surface area contributed by atoms with Crippen LogP contribution in [0.2, 0.25) is 0 Å². The number of carboxylic acids is 1. The highest BCUT2D eigenvalue weighted by molar-refractivity contribution is 5.73. The maximum atomic E-state index is 10.6. The number of hydrogen-bond acceptors (Lipinski definition) is 4. The molecular weight excluding hydrogens is 162 g/mol. The van der Waals surface area contributed by atoms with Crippen LogP contribution >= 0.6 is 0 Å². The number of aliphatic carboxylic acids is 1. The molecule has 0 saturated carbocycles. The molecule has 0 rings (SSSR count). The van der Waals surface area contributed by atoms with E-state index in [0.29, 0.717) is 6.54 Å². The first-order valence-electron chi connectivity index (χ1n) is 3.61. The number of carbonyl (C=O) groups excluding carboxylic acids is 1. The van der Waals surface area contributed by atoms with Gasteiger partial charge in [-0.2, -0.15) is 0 Å². The zero-order valence-corrected chi connectivity index (χ0v) is 7.16. The third-order valence-corrected chi connectivity index (χ3v) is 1.38. The van der Waals surface area contributed by atoms with Gasteiger partial charge in [0.15, 0.2) is 0 Å². The predicted octanol–water partition coefficient (Wildman–Crippen LogP) is -0.388. The number of methoxy groups -OCH3 is 1. The minimum atomic E-state index is -0.931. The van der Waals surface area contributed by atoms with E-state index in [2.05, 4.69) is 10.1 Å². The number of carboxylic acid groups (broad SMARTS) is 1. The maximum absolute atomic E-state index is 10.6. The van der Waals surface area contributed by atoms with Crippen molar-refractivity contribution in [3.63, 3.8) is 0 Å². The molecule has 2 N–H and O–H groups in total. The summed E-state index contributed by atoms with van der Waals surface area (Å²) in [6.07, 6.45) is 0.189. The molecule has 0 fully saturated rings. The molecular formula is C7H13NO4. The summed E-state index contributed by atoms with van der Waals surface area (Å²) < 4.78 is 4.37. The second kappa shape index (κ2) is 5.54. The summed E-state index contributed by atoms with van der Waals surface area (Å²) in [5, 5.41) is 11.1. The first-order chi connectivity index (χ1) is 5.57. The van der Waals surface area contributed by atoms with E-state index in [4.69, 9.17) is 5.11 Å². The van der Waals surface area contributed by atoms with Gasteiger partial charge in [0.2, 0.25) is 0 Å². The smallest absolute Gasteiger partial charge is 0.320 e. The molecule has 0 aromatic heterocycles. The van der Waals surface area contributed by atoms with Gasteiger partial charge in [-0.05, 0) is 6.92 Å². The lowest BCUT2D eigenvalue weighted by Gasteiger charge is -2.07. The number of nitrogens with one attached hydrogen (secondary N) is 1. The van der Waals surface area contributed by atoms with Crippen molar-refractivity contribution in [2.75, 3.05) is 13.7 Å². The fourth-order valence-corrected chi connectivity index (χ4v) is 0.580. The molecule has 1 unspecified atom stereocenters. The van der Waals surface area contributed by atoms with Gasteiger partial charge >= 0.3 is 11.9 Å². The molecule has 0 aromatic rings. The molecule has 0 aliphatic carbocycles. The average Bonchev–Trinajstić information content (AvgIpc) is 2.03. The van der Waals surface area contributed by atoms with Crippen LogP contribution in [0.15, 0.2) is 0 Å². The molecule has 1 atom stereocenters. The summed E-state index contributed by atoms with van der Waals surface area (Å²) in [4.78, 5) is 20.8. The van der Waals surface area contributed by atoms with Crippen molar-refractivity contribution < 1.29 is 19.4 Å². The van der Waals surface area contributed by atoms with Gasteiger partial charge in [-0.25, -0.2) is 0 Å². The van der Waals surface area contributed by atoms with Gasteiger partial charge in [0, 0.05) is 6.54 Å². The van der Waals surface area contributed by atoms with Crippen molar-refractivity contribution in [3.05, 3.63) is 0 Å². The quantitative estimate of drug-likeness (QED) is 0.557. The number of esters is 1. The summed E-state index contributed by atoms with van der Waals surface area (Å²) in [5.41, 5.74) is 0. The molecule has 0 radical (unpaired) electrons. The third-order valence-electron chi connectivity index (χ3n) is 1.38. The standard InChI is InChI=1S/C7H13NO4/c1-5(7(10)11)8-4-3-6(9)12-2/h5,8H,3-4H2,1-2H3,(H,10,11). The third kappa shape index (κ3) is 4.68. The molecule has 70 valence electrons. The Bertz CT molecular complexity index is 169. The summed E-state index contributed by atoms with van der Waals surface area (Å²) in [6, 6.07) is -0.630. The summed E-state index contributed by atoms with van der Waals surface area (Å²) >= 11 is 0. The lowest BCUT2D eigenvalue weighted by molar-refractivity contribution is -0.142. The minimum Gasteiger partial charge on any atom is -0.480 e. The van der Waals surface area contributed by atoms with Crippen molar-refractivity contribution in [2.45, 2.75) is 19.4 Å². The predicted molar refractivity (Wildman–Crippen MR) is 41.7 cm³/mol. The SMILES string of the molecule is COC(=O)CCNC(C)C(=O)O. The van der Waals surface area contributed by atoms with Gasteiger partial charge in [-0.15, -0.1) is 0 Å². The van der Waals surface area contributed by atoms with E-state index < -0.39 is 12.0 Å². The number of hydrogen-bond donors (Lipinski definition) is 2. The monoisotopic (exact) mass is 175 g/mol. The van der Waals surface area contributed by atoms with Crippen LogP contribution in [0, 0.1) is 0 Å². The van der Waals surface area contributed by atoms with Crippen molar-refractivity contribution in [1.82, 2.24) is 5.32 Å². The van der Waals surface area contributed by atoms with Crippen LogP contribution in [0.1, 0.15) is 13.3 Å². The Balaban J connectivity index is 3.43. The van der Waals surface area contributed by atoms with Crippen LogP contribution < -0.4 is 5.32 Å². The maximum Gasteiger partial charge on any atom is 0.320 e. The van der Waals surface area contributed by atoms with E-state index in [1.54, 1.807) is 0 Å². The molecule has 0 aliphatic heterocycles. The molecule has 0 amide bonds. The zero-order chi connectivity index (χ0) is 9.56. The Morgan fingerprint density at radius 1 is 1.58 bits per heavy atom. The van der Waals surface area contributed by atoms with E-state index in [0.717, 1.165) is 0 Å². The second-order valence-electron chi connectivity index (χ2n) is 2.34. The molecule has 0 heterocycles. The summed E-state index contributed by atoms with van der Waals surface area (Å²) in [5.74, 6) is -1.28. The van der Waals surface area contributed by atoms with Gasteiger partial charge in [0.05, 0.1) is 13.5 Å². The molecule has 0 spiro atoms. The van der Waals surface area contributed by atoms with E-state index in [1.165, 1.54) is 14.0 Å². The molecule has 0 aliphatic rings. The van der Waals surface area contributed by atoms with E-state index in [-0.39, 0.29) is 12.4 Å². The van der Waals surface area contributed by atoms with E-state index in [9.17, 15) is 9.59 Å². The number of ether oxygens (including phenoxy) is 1. The highest BCUT2D eigenvalue weighted by Gasteiger charge is 2.09. The molecule has 5 nitrogen and oxygen atoms in total. The average molecular weight is 175 g/mol. The lowest BCUT2D eigenvalue weighted by Crippen LogP contribution is -2.35. The van der Waals surface area contributed by atoms with Crippen molar-refractivity contribution in [1.29, 1.82) is 0 Å². The van der Waals surface area contributed by atoms with Crippen molar-refractivity contribution in [3.8, 4) is 0 Å². The van der Waals surface area contributed by atoms with Crippen LogP contribution in [-0.2, 0) is 14.3 Å². The minimum absolute atomic E-state index is 0.189. The van der Waals surface area contributed by atoms with Gasteiger partial charge in [0.25, 0.3) is 0 Å². The molecule has 0 aromatic carbocycles. The topological polar surface area (TPSA) is 75.6 Å². The zero-order valence-electron chi connectivity index (χ0n) is 7.16. The van der Waals surface area contributed by atoms with Crippen LogP contribution in [-0.4, -0.2) is 36.7 Å². The fraction of sp³-hybridized carbons (Fsp3) is 0.714. The summed E-state index contributed by atoms with van der Waals surface area (Å²) in [7, 11) is 1.29. The normalized spacial score (nSPS) is 12.2. The second-order valence-corrected chi connectivity index (χ2v) is 2.34.